The lowest BCUT2D eigenvalue weighted by molar-refractivity contribution is -0.119. The van der Waals surface area contributed by atoms with E-state index >= 15 is 0 Å². The number of amides is 1. The smallest absolute Gasteiger partial charge is 0.231 e. The molecule has 2 aliphatic heterocycles. The first-order valence-electron chi connectivity index (χ1n) is 5.67. The summed E-state index contributed by atoms with van der Waals surface area (Å²) in [5.74, 6) is 2.32. The Hall–Kier alpha value is -1.69. The quantitative estimate of drug-likeness (QED) is 0.871. The molecular weight excluding hydrogens is 252 g/mol. The van der Waals surface area contributed by atoms with Gasteiger partial charge in [-0.1, -0.05) is 17.8 Å². The molecule has 0 aromatic heterocycles. The molecule has 0 aliphatic carbocycles. The molecule has 94 valence electrons. The van der Waals surface area contributed by atoms with Gasteiger partial charge in [0, 0.05) is 5.75 Å². The number of carbonyl (C=O) groups excluding carboxylic acids is 1. The zero-order valence-electron chi connectivity index (χ0n) is 9.64. The normalized spacial score (nSPS) is 16.6. The van der Waals surface area contributed by atoms with E-state index in [9.17, 15) is 4.79 Å². The molecule has 1 aromatic carbocycles. The Labute approximate surface area is 109 Å². The lowest BCUT2D eigenvalue weighted by Crippen LogP contribution is -2.28. The van der Waals surface area contributed by atoms with Gasteiger partial charge >= 0.3 is 0 Å². The maximum absolute atomic E-state index is 11.8. The van der Waals surface area contributed by atoms with Gasteiger partial charge in [-0.2, -0.15) is 0 Å². The van der Waals surface area contributed by atoms with Crippen LogP contribution in [0.25, 0.3) is 0 Å². The number of benzene rings is 1. The van der Waals surface area contributed by atoms with E-state index in [-0.39, 0.29) is 12.7 Å². The van der Waals surface area contributed by atoms with Crippen molar-refractivity contribution in [1.82, 2.24) is 5.32 Å². The summed E-state index contributed by atoms with van der Waals surface area (Å²) < 4.78 is 10.5. The molecule has 2 heterocycles. The van der Waals surface area contributed by atoms with Crippen LogP contribution in [-0.2, 0) is 11.2 Å². The van der Waals surface area contributed by atoms with Crippen LogP contribution in [0.4, 0.5) is 0 Å². The summed E-state index contributed by atoms with van der Waals surface area (Å²) in [6.45, 7) is 1.03. The number of hydrogen-bond acceptors (Lipinski definition) is 5. The van der Waals surface area contributed by atoms with Gasteiger partial charge in [-0.05, 0) is 17.7 Å². The second-order valence-electron chi connectivity index (χ2n) is 3.95. The van der Waals surface area contributed by atoms with Crippen molar-refractivity contribution >= 4 is 22.8 Å². The highest BCUT2D eigenvalue weighted by Gasteiger charge is 2.15. The number of ether oxygens (including phenoxy) is 2. The average molecular weight is 264 g/mol. The second-order valence-corrected chi connectivity index (χ2v) is 5.03. The summed E-state index contributed by atoms with van der Waals surface area (Å²) in [5, 5.41) is 3.52. The van der Waals surface area contributed by atoms with Crippen molar-refractivity contribution in [1.29, 1.82) is 0 Å². The van der Waals surface area contributed by atoms with Crippen LogP contribution >= 0.6 is 11.8 Å². The number of hydrogen-bond donors (Lipinski definition) is 1. The number of aliphatic imine (C=N–C) groups is 1. The van der Waals surface area contributed by atoms with E-state index in [1.165, 1.54) is 0 Å². The fourth-order valence-electron chi connectivity index (χ4n) is 1.81. The van der Waals surface area contributed by atoms with Crippen LogP contribution in [0.1, 0.15) is 5.56 Å². The maximum atomic E-state index is 11.8. The molecule has 1 N–H and O–H groups in total. The van der Waals surface area contributed by atoms with Gasteiger partial charge in [0.1, 0.15) is 0 Å². The van der Waals surface area contributed by atoms with Crippen molar-refractivity contribution in [2.24, 2.45) is 4.99 Å². The monoisotopic (exact) mass is 264 g/mol. The molecule has 5 nitrogen and oxygen atoms in total. The van der Waals surface area contributed by atoms with Crippen LogP contribution in [0.3, 0.4) is 0 Å². The third-order valence-corrected chi connectivity index (χ3v) is 3.52. The lowest BCUT2D eigenvalue weighted by atomic mass is 10.1. The Bertz CT molecular complexity index is 516. The summed E-state index contributed by atoms with van der Waals surface area (Å²) in [6.07, 6.45) is 0.316. The van der Waals surface area contributed by atoms with Gasteiger partial charge in [-0.3, -0.25) is 9.79 Å². The van der Waals surface area contributed by atoms with Crippen molar-refractivity contribution < 1.29 is 14.3 Å². The molecule has 0 saturated carbocycles. The third kappa shape index (κ3) is 2.43. The van der Waals surface area contributed by atoms with Crippen LogP contribution in [-0.4, -0.2) is 30.2 Å². The van der Waals surface area contributed by atoms with E-state index in [1.807, 2.05) is 18.2 Å². The molecule has 1 aromatic rings. The highest BCUT2D eigenvalue weighted by atomic mass is 32.2. The number of thioether (sulfide) groups is 1. The topological polar surface area (TPSA) is 59.9 Å². The van der Waals surface area contributed by atoms with Gasteiger partial charge in [0.2, 0.25) is 12.7 Å². The van der Waals surface area contributed by atoms with E-state index in [2.05, 4.69) is 10.3 Å². The predicted octanol–water partition coefficient (Wildman–Crippen LogP) is 1.18. The van der Waals surface area contributed by atoms with Crippen LogP contribution in [0.15, 0.2) is 23.2 Å². The van der Waals surface area contributed by atoms with Crippen LogP contribution in [0.5, 0.6) is 11.5 Å². The van der Waals surface area contributed by atoms with Gasteiger partial charge in [-0.15, -0.1) is 0 Å². The summed E-state index contributed by atoms with van der Waals surface area (Å²) in [5.41, 5.74) is 0.903. The molecule has 1 amide bonds. The first kappa shape index (κ1) is 11.4. The first-order valence-corrected chi connectivity index (χ1v) is 6.65. The van der Waals surface area contributed by atoms with Gasteiger partial charge in [0.05, 0.1) is 13.0 Å². The zero-order chi connectivity index (χ0) is 12.4. The van der Waals surface area contributed by atoms with E-state index in [1.54, 1.807) is 11.8 Å². The molecule has 3 rings (SSSR count). The molecule has 0 radical (unpaired) electrons. The van der Waals surface area contributed by atoms with Crippen molar-refractivity contribution in [3.05, 3.63) is 23.8 Å². The van der Waals surface area contributed by atoms with E-state index in [0.29, 0.717) is 12.2 Å². The van der Waals surface area contributed by atoms with Crippen molar-refractivity contribution in [3.63, 3.8) is 0 Å². The fourth-order valence-corrected chi connectivity index (χ4v) is 2.56. The zero-order valence-corrected chi connectivity index (χ0v) is 10.5. The van der Waals surface area contributed by atoms with Gasteiger partial charge in [-0.25, -0.2) is 0 Å². The number of fused-ring (bicyclic) bond motifs is 1. The van der Waals surface area contributed by atoms with Crippen LogP contribution in [0.2, 0.25) is 0 Å². The first-order chi connectivity index (χ1) is 8.81. The van der Waals surface area contributed by atoms with Gasteiger partial charge in [0.25, 0.3) is 0 Å². The van der Waals surface area contributed by atoms with Gasteiger partial charge in [0.15, 0.2) is 16.7 Å². The molecule has 18 heavy (non-hydrogen) atoms. The highest BCUT2D eigenvalue weighted by molar-refractivity contribution is 8.14. The number of rotatable bonds is 2. The molecule has 2 aliphatic rings. The van der Waals surface area contributed by atoms with Crippen molar-refractivity contribution in [3.8, 4) is 11.5 Å². The fraction of sp³-hybridized carbons (Fsp3) is 0.333. The highest BCUT2D eigenvalue weighted by Crippen LogP contribution is 2.32. The van der Waals surface area contributed by atoms with E-state index in [0.717, 1.165) is 28.8 Å². The minimum Gasteiger partial charge on any atom is -0.454 e. The van der Waals surface area contributed by atoms with Crippen LogP contribution in [0, 0.1) is 0 Å². The summed E-state index contributed by atoms with van der Waals surface area (Å²) in [6, 6.07) is 5.54. The molecule has 0 fully saturated rings. The molecule has 0 bridgehead atoms. The standard InChI is InChI=1S/C12H12N2O3S/c15-11(14-12-13-3-4-18-12)6-8-1-2-9-10(5-8)17-7-16-9/h1-2,5H,3-4,6-7H2,(H,13,14,15). The Morgan fingerprint density at radius 1 is 1.39 bits per heavy atom. The van der Waals surface area contributed by atoms with Crippen molar-refractivity contribution in [2.75, 3.05) is 19.1 Å². The van der Waals surface area contributed by atoms with E-state index < -0.39 is 0 Å². The lowest BCUT2D eigenvalue weighted by Gasteiger charge is -2.04. The SMILES string of the molecule is O=C(Cc1ccc2c(c1)OCO2)NC1=NCCS1. The van der Waals surface area contributed by atoms with Crippen LogP contribution < -0.4 is 14.8 Å². The average Bonchev–Trinajstić information content (AvgIpc) is 2.98. The maximum Gasteiger partial charge on any atom is 0.231 e. The molecule has 0 atom stereocenters. The van der Waals surface area contributed by atoms with Gasteiger partial charge < -0.3 is 14.8 Å². The Balaban J connectivity index is 1.63. The summed E-state index contributed by atoms with van der Waals surface area (Å²) in [7, 11) is 0. The molecule has 6 heteroatoms. The minimum absolute atomic E-state index is 0.0537. The minimum atomic E-state index is -0.0537. The molecule has 0 spiro atoms. The number of nitrogens with one attached hydrogen (secondary N) is 1. The molecule has 0 saturated heterocycles. The largest absolute Gasteiger partial charge is 0.454 e. The molecule has 0 unspecified atom stereocenters. The Morgan fingerprint density at radius 2 is 2.28 bits per heavy atom. The summed E-state index contributed by atoms with van der Waals surface area (Å²) in [4.78, 5) is 16.0. The Morgan fingerprint density at radius 3 is 3.11 bits per heavy atom. The van der Waals surface area contributed by atoms with E-state index in [4.69, 9.17) is 9.47 Å². The second kappa shape index (κ2) is 4.89. The number of amidine groups is 1. The summed E-state index contributed by atoms with van der Waals surface area (Å²) >= 11 is 1.57. The molecular formula is C12H12N2O3S. The predicted molar refractivity (Wildman–Crippen MR) is 69.2 cm³/mol. The number of carbonyl (C=O) groups is 1. The number of nitrogens with zero attached hydrogens (tertiary/aromatic N) is 1. The third-order valence-electron chi connectivity index (χ3n) is 2.63. The van der Waals surface area contributed by atoms with Crippen molar-refractivity contribution in [2.45, 2.75) is 6.42 Å². The Kier molecular flexibility index (Phi) is 3.10.